The predicted octanol–water partition coefficient (Wildman–Crippen LogP) is 3.01. The zero-order valence-electron chi connectivity index (χ0n) is 10.8. The van der Waals surface area contributed by atoms with Crippen LogP contribution in [0.1, 0.15) is 23.7 Å². The Labute approximate surface area is 110 Å². The van der Waals surface area contributed by atoms with Crippen LogP contribution in [0.3, 0.4) is 0 Å². The fourth-order valence-electron chi connectivity index (χ4n) is 1.66. The lowest BCUT2D eigenvalue weighted by atomic mass is 10.0. The number of methoxy groups -OCH3 is 1. The smallest absolute Gasteiger partial charge is 0.411 e. The number of ether oxygens (including phenoxy) is 2. The molecular weight excluding hydrogens is 261 g/mol. The SMILES string of the molecule is COc1ccc(C(O)CCOCC(F)(F)F)cc1C. The summed E-state index contributed by atoms with van der Waals surface area (Å²) in [5.41, 5.74) is 1.49. The highest BCUT2D eigenvalue weighted by Crippen LogP contribution is 2.24. The maximum absolute atomic E-state index is 11.8. The van der Waals surface area contributed by atoms with Crippen LogP contribution in [0, 0.1) is 6.92 Å². The highest BCUT2D eigenvalue weighted by atomic mass is 19.4. The molecule has 0 amide bonds. The molecule has 0 aromatic heterocycles. The standard InChI is InChI=1S/C13H17F3O3/c1-9-7-10(3-4-12(9)18-2)11(17)5-6-19-8-13(14,15)16/h3-4,7,11,17H,5-6,8H2,1-2H3. The van der Waals surface area contributed by atoms with Gasteiger partial charge in [0.05, 0.1) is 13.2 Å². The quantitative estimate of drug-likeness (QED) is 0.813. The maximum atomic E-state index is 11.8. The molecule has 0 saturated carbocycles. The lowest BCUT2D eigenvalue weighted by Crippen LogP contribution is -2.18. The first-order valence-electron chi connectivity index (χ1n) is 5.80. The van der Waals surface area contributed by atoms with Gasteiger partial charge >= 0.3 is 6.18 Å². The van der Waals surface area contributed by atoms with Crippen LogP contribution in [0.5, 0.6) is 5.75 Å². The van der Waals surface area contributed by atoms with Crippen LogP contribution >= 0.6 is 0 Å². The highest BCUT2D eigenvalue weighted by Gasteiger charge is 2.27. The van der Waals surface area contributed by atoms with E-state index in [4.69, 9.17) is 4.74 Å². The summed E-state index contributed by atoms with van der Waals surface area (Å²) in [6, 6.07) is 5.14. The van der Waals surface area contributed by atoms with Crippen molar-refractivity contribution in [2.75, 3.05) is 20.3 Å². The molecule has 0 heterocycles. The second kappa shape index (κ2) is 6.77. The van der Waals surface area contributed by atoms with E-state index in [1.54, 1.807) is 25.3 Å². The molecule has 1 aromatic carbocycles. The third-order valence-electron chi connectivity index (χ3n) is 2.61. The molecule has 6 heteroatoms. The molecular formula is C13H17F3O3. The van der Waals surface area contributed by atoms with Crippen molar-refractivity contribution >= 4 is 0 Å². The Morgan fingerprint density at radius 1 is 1.32 bits per heavy atom. The fraction of sp³-hybridized carbons (Fsp3) is 0.538. The van der Waals surface area contributed by atoms with Crippen LogP contribution in [-0.4, -0.2) is 31.6 Å². The zero-order valence-corrected chi connectivity index (χ0v) is 10.8. The van der Waals surface area contributed by atoms with E-state index in [1.165, 1.54) is 0 Å². The largest absolute Gasteiger partial charge is 0.496 e. The van der Waals surface area contributed by atoms with E-state index in [1.807, 2.05) is 6.92 Å². The van der Waals surface area contributed by atoms with Gasteiger partial charge in [0.2, 0.25) is 0 Å². The van der Waals surface area contributed by atoms with E-state index in [0.29, 0.717) is 11.3 Å². The number of halogens is 3. The molecule has 0 radical (unpaired) electrons. The Bertz CT molecular complexity index is 405. The van der Waals surface area contributed by atoms with Crippen LogP contribution in [0.4, 0.5) is 13.2 Å². The summed E-state index contributed by atoms with van der Waals surface area (Å²) >= 11 is 0. The molecule has 1 rings (SSSR count). The zero-order chi connectivity index (χ0) is 14.5. The van der Waals surface area contributed by atoms with Gasteiger partial charge in [0, 0.05) is 13.0 Å². The van der Waals surface area contributed by atoms with E-state index in [9.17, 15) is 18.3 Å². The highest BCUT2D eigenvalue weighted by molar-refractivity contribution is 5.36. The molecule has 0 aliphatic rings. The van der Waals surface area contributed by atoms with E-state index >= 15 is 0 Å². The Hall–Kier alpha value is -1.27. The summed E-state index contributed by atoms with van der Waals surface area (Å²) in [5, 5.41) is 9.84. The first-order chi connectivity index (χ1) is 8.83. The van der Waals surface area contributed by atoms with Crippen LogP contribution < -0.4 is 4.74 Å². The minimum Gasteiger partial charge on any atom is -0.496 e. The predicted molar refractivity (Wildman–Crippen MR) is 64.2 cm³/mol. The summed E-state index contributed by atoms with van der Waals surface area (Å²) in [4.78, 5) is 0. The van der Waals surface area contributed by atoms with Crippen molar-refractivity contribution in [2.45, 2.75) is 25.6 Å². The van der Waals surface area contributed by atoms with Gasteiger partial charge in [-0.15, -0.1) is 0 Å². The molecule has 0 spiro atoms. The van der Waals surface area contributed by atoms with Gasteiger partial charge in [0.25, 0.3) is 0 Å². The fourth-order valence-corrected chi connectivity index (χ4v) is 1.66. The van der Waals surface area contributed by atoms with Crippen LogP contribution in [-0.2, 0) is 4.74 Å². The molecule has 1 unspecified atom stereocenters. The van der Waals surface area contributed by atoms with Gasteiger partial charge in [-0.2, -0.15) is 13.2 Å². The average Bonchev–Trinajstić information content (AvgIpc) is 2.33. The van der Waals surface area contributed by atoms with Gasteiger partial charge < -0.3 is 14.6 Å². The van der Waals surface area contributed by atoms with Crippen molar-refractivity contribution < 1.29 is 27.8 Å². The molecule has 1 N–H and O–H groups in total. The van der Waals surface area contributed by atoms with Crippen LogP contribution in [0.2, 0.25) is 0 Å². The van der Waals surface area contributed by atoms with Gasteiger partial charge in [-0.25, -0.2) is 0 Å². The van der Waals surface area contributed by atoms with Crippen molar-refractivity contribution in [1.29, 1.82) is 0 Å². The van der Waals surface area contributed by atoms with E-state index in [-0.39, 0.29) is 13.0 Å². The number of aliphatic hydroxyl groups is 1. The Kier molecular flexibility index (Phi) is 5.62. The van der Waals surface area contributed by atoms with Gasteiger partial charge in [-0.05, 0) is 30.2 Å². The Morgan fingerprint density at radius 2 is 2.00 bits per heavy atom. The van der Waals surface area contributed by atoms with Gasteiger partial charge in [-0.3, -0.25) is 0 Å². The van der Waals surface area contributed by atoms with E-state index < -0.39 is 18.9 Å². The number of hydrogen-bond donors (Lipinski definition) is 1. The second-order valence-electron chi connectivity index (χ2n) is 4.20. The Morgan fingerprint density at radius 3 is 2.53 bits per heavy atom. The summed E-state index contributed by atoms with van der Waals surface area (Å²) in [7, 11) is 1.55. The van der Waals surface area contributed by atoms with E-state index in [2.05, 4.69) is 4.74 Å². The second-order valence-corrected chi connectivity index (χ2v) is 4.20. The molecule has 1 aromatic rings. The summed E-state index contributed by atoms with van der Waals surface area (Å²) in [6.07, 6.45) is -5.07. The number of hydrogen-bond acceptors (Lipinski definition) is 3. The topological polar surface area (TPSA) is 38.7 Å². The molecule has 0 aliphatic heterocycles. The molecule has 0 aliphatic carbocycles. The van der Waals surface area contributed by atoms with Crippen LogP contribution in [0.15, 0.2) is 18.2 Å². The minimum atomic E-state index is -4.33. The first kappa shape index (κ1) is 15.8. The molecule has 108 valence electrons. The lowest BCUT2D eigenvalue weighted by molar-refractivity contribution is -0.175. The monoisotopic (exact) mass is 278 g/mol. The molecule has 0 bridgehead atoms. The molecule has 3 nitrogen and oxygen atoms in total. The summed E-state index contributed by atoms with van der Waals surface area (Å²) < 4.78 is 45.1. The molecule has 1 atom stereocenters. The maximum Gasteiger partial charge on any atom is 0.411 e. The summed E-state index contributed by atoms with van der Waals surface area (Å²) in [6.45, 7) is 0.391. The lowest BCUT2D eigenvalue weighted by Gasteiger charge is -2.14. The third-order valence-corrected chi connectivity index (χ3v) is 2.61. The van der Waals surface area contributed by atoms with Gasteiger partial charge in [-0.1, -0.05) is 6.07 Å². The number of alkyl halides is 3. The van der Waals surface area contributed by atoms with Crippen molar-refractivity contribution in [2.24, 2.45) is 0 Å². The number of benzene rings is 1. The molecule has 19 heavy (non-hydrogen) atoms. The van der Waals surface area contributed by atoms with Crippen molar-refractivity contribution in [1.82, 2.24) is 0 Å². The van der Waals surface area contributed by atoms with Crippen molar-refractivity contribution in [3.05, 3.63) is 29.3 Å². The Balaban J connectivity index is 2.45. The number of rotatable bonds is 6. The number of aryl methyl sites for hydroxylation is 1. The third kappa shape index (κ3) is 5.48. The van der Waals surface area contributed by atoms with Crippen molar-refractivity contribution in [3.8, 4) is 5.75 Å². The number of aliphatic hydroxyl groups excluding tert-OH is 1. The van der Waals surface area contributed by atoms with Gasteiger partial charge in [0.15, 0.2) is 0 Å². The van der Waals surface area contributed by atoms with Crippen molar-refractivity contribution in [3.63, 3.8) is 0 Å². The van der Waals surface area contributed by atoms with E-state index in [0.717, 1.165) is 5.56 Å². The van der Waals surface area contributed by atoms with Gasteiger partial charge in [0.1, 0.15) is 12.4 Å². The summed E-state index contributed by atoms with van der Waals surface area (Å²) in [5.74, 6) is 0.698. The molecule has 0 saturated heterocycles. The van der Waals surface area contributed by atoms with Crippen LogP contribution in [0.25, 0.3) is 0 Å². The first-order valence-corrected chi connectivity index (χ1v) is 5.80. The average molecular weight is 278 g/mol. The minimum absolute atomic E-state index is 0.113. The molecule has 0 fully saturated rings. The normalized spacial score (nSPS) is 13.4.